The molecular formula is C18H19N5O2. The molecule has 7 nitrogen and oxygen atoms in total. The van der Waals surface area contributed by atoms with Gasteiger partial charge in [-0.25, -0.2) is 9.50 Å². The summed E-state index contributed by atoms with van der Waals surface area (Å²) in [5.74, 6) is 1.10. The number of nitrogens with zero attached hydrogens (tertiary/aromatic N) is 4. The summed E-state index contributed by atoms with van der Waals surface area (Å²) in [5.41, 5.74) is 4.11. The lowest BCUT2D eigenvalue weighted by Gasteiger charge is -2.28. The molecule has 0 radical (unpaired) electrons. The first-order valence-corrected chi connectivity index (χ1v) is 8.26. The van der Waals surface area contributed by atoms with Crippen LogP contribution in [0.5, 0.6) is 5.75 Å². The van der Waals surface area contributed by atoms with Crippen LogP contribution in [0.2, 0.25) is 0 Å². The van der Waals surface area contributed by atoms with Gasteiger partial charge in [-0.05, 0) is 32.4 Å². The van der Waals surface area contributed by atoms with E-state index < -0.39 is 0 Å². The van der Waals surface area contributed by atoms with Crippen LogP contribution in [0.15, 0.2) is 24.4 Å². The second kappa shape index (κ2) is 5.84. The molecule has 1 amide bonds. The minimum atomic E-state index is -0.304. The van der Waals surface area contributed by atoms with E-state index in [1.54, 1.807) is 10.7 Å². The monoisotopic (exact) mass is 337 g/mol. The van der Waals surface area contributed by atoms with Crippen molar-refractivity contribution in [3.05, 3.63) is 52.6 Å². The van der Waals surface area contributed by atoms with E-state index in [9.17, 15) is 4.79 Å². The fourth-order valence-corrected chi connectivity index (χ4v) is 3.25. The van der Waals surface area contributed by atoms with Gasteiger partial charge in [0.25, 0.3) is 11.7 Å². The van der Waals surface area contributed by atoms with Gasteiger partial charge in [-0.15, -0.1) is 5.10 Å². The second-order valence-electron chi connectivity index (χ2n) is 6.40. The Hall–Kier alpha value is -2.96. The van der Waals surface area contributed by atoms with Crippen molar-refractivity contribution in [2.45, 2.75) is 33.2 Å². The van der Waals surface area contributed by atoms with Gasteiger partial charge in [0, 0.05) is 23.9 Å². The van der Waals surface area contributed by atoms with E-state index in [0.29, 0.717) is 18.8 Å². The van der Waals surface area contributed by atoms with E-state index >= 15 is 0 Å². The number of hydrogen-bond donors (Lipinski definition) is 1. The zero-order valence-electron chi connectivity index (χ0n) is 14.4. The number of carbonyl (C=O) groups is 1. The molecule has 0 fully saturated rings. The smallest absolute Gasteiger partial charge is 0.291 e. The summed E-state index contributed by atoms with van der Waals surface area (Å²) in [6.07, 6.45) is 2.37. The Balaban J connectivity index is 1.64. The van der Waals surface area contributed by atoms with Crippen molar-refractivity contribution in [2.75, 3.05) is 6.61 Å². The first-order chi connectivity index (χ1) is 12.0. The fourth-order valence-electron chi connectivity index (χ4n) is 3.25. The highest BCUT2D eigenvalue weighted by molar-refractivity contribution is 5.91. The highest BCUT2D eigenvalue weighted by Crippen LogP contribution is 2.35. The molecule has 1 aliphatic rings. The molecule has 1 N–H and O–H groups in total. The number of aromatic nitrogens is 4. The molecule has 128 valence electrons. The standard InChI is InChI=1S/C18H19N5O2/c1-10-8-11(2)15-13(9-10)14(5-7-25-15)20-17(24)16-21-18-19-6-4-12(3)23(18)22-16/h4,6,8-9,14H,5,7H2,1-3H3,(H,20,24)/t14-/m1/s1. The number of rotatable bonds is 2. The van der Waals surface area contributed by atoms with E-state index in [-0.39, 0.29) is 17.8 Å². The first kappa shape index (κ1) is 15.6. The molecule has 1 atom stereocenters. The van der Waals surface area contributed by atoms with Crippen molar-refractivity contribution >= 4 is 11.7 Å². The molecule has 4 rings (SSSR count). The number of fused-ring (bicyclic) bond motifs is 2. The molecule has 0 aliphatic carbocycles. The van der Waals surface area contributed by atoms with Gasteiger partial charge in [-0.2, -0.15) is 4.98 Å². The van der Waals surface area contributed by atoms with Crippen LogP contribution in [-0.2, 0) is 0 Å². The van der Waals surface area contributed by atoms with Crippen LogP contribution in [0, 0.1) is 20.8 Å². The predicted octanol–water partition coefficient (Wildman–Crippen LogP) is 2.30. The van der Waals surface area contributed by atoms with Crippen LogP contribution in [0.4, 0.5) is 0 Å². The van der Waals surface area contributed by atoms with Gasteiger partial charge in [0.1, 0.15) is 5.75 Å². The Morgan fingerprint density at radius 2 is 2.16 bits per heavy atom. The summed E-state index contributed by atoms with van der Waals surface area (Å²) in [6.45, 7) is 6.53. The average molecular weight is 337 g/mol. The summed E-state index contributed by atoms with van der Waals surface area (Å²) < 4.78 is 7.36. The Bertz CT molecular complexity index is 979. The summed E-state index contributed by atoms with van der Waals surface area (Å²) in [7, 11) is 0. The van der Waals surface area contributed by atoms with Gasteiger partial charge in [0.15, 0.2) is 0 Å². The average Bonchev–Trinajstić information content (AvgIpc) is 3.01. The third-order valence-electron chi connectivity index (χ3n) is 4.41. The van der Waals surface area contributed by atoms with E-state index in [2.05, 4.69) is 32.5 Å². The third kappa shape index (κ3) is 2.71. The van der Waals surface area contributed by atoms with E-state index in [1.165, 1.54) is 0 Å². The number of nitrogens with one attached hydrogen (secondary N) is 1. The van der Waals surface area contributed by atoms with Crippen LogP contribution in [0.25, 0.3) is 5.78 Å². The zero-order chi connectivity index (χ0) is 17.6. The van der Waals surface area contributed by atoms with Gasteiger partial charge in [-0.3, -0.25) is 4.79 Å². The number of ether oxygens (including phenoxy) is 1. The highest BCUT2D eigenvalue weighted by atomic mass is 16.5. The van der Waals surface area contributed by atoms with Gasteiger partial charge in [0.05, 0.1) is 12.6 Å². The normalized spacial score (nSPS) is 16.4. The number of aryl methyl sites for hydroxylation is 3. The molecule has 0 spiro atoms. The maximum Gasteiger partial charge on any atom is 0.291 e. The van der Waals surface area contributed by atoms with Crippen LogP contribution in [-0.4, -0.2) is 32.1 Å². The van der Waals surface area contributed by atoms with Crippen molar-refractivity contribution in [3.63, 3.8) is 0 Å². The van der Waals surface area contributed by atoms with Gasteiger partial charge in [-0.1, -0.05) is 17.7 Å². The van der Waals surface area contributed by atoms with Crippen molar-refractivity contribution in [3.8, 4) is 5.75 Å². The Labute approximate surface area is 145 Å². The summed E-state index contributed by atoms with van der Waals surface area (Å²) in [4.78, 5) is 21.0. The number of amides is 1. The zero-order valence-corrected chi connectivity index (χ0v) is 14.4. The van der Waals surface area contributed by atoms with E-state index in [1.807, 2.05) is 26.8 Å². The molecule has 0 saturated carbocycles. The van der Waals surface area contributed by atoms with Crippen LogP contribution < -0.4 is 10.1 Å². The van der Waals surface area contributed by atoms with Crippen LogP contribution >= 0.6 is 0 Å². The minimum absolute atomic E-state index is 0.115. The van der Waals surface area contributed by atoms with Crippen molar-refractivity contribution in [1.29, 1.82) is 0 Å². The van der Waals surface area contributed by atoms with E-state index in [0.717, 1.165) is 28.1 Å². The minimum Gasteiger partial charge on any atom is -0.493 e. The summed E-state index contributed by atoms with van der Waals surface area (Å²) in [6, 6.07) is 5.86. The molecule has 3 aromatic rings. The van der Waals surface area contributed by atoms with Crippen molar-refractivity contribution < 1.29 is 9.53 Å². The molecule has 3 heterocycles. The molecular weight excluding hydrogens is 318 g/mol. The highest BCUT2D eigenvalue weighted by Gasteiger charge is 2.26. The number of benzene rings is 1. The van der Waals surface area contributed by atoms with Crippen LogP contribution in [0.1, 0.15) is 45.5 Å². The molecule has 7 heteroatoms. The largest absolute Gasteiger partial charge is 0.493 e. The molecule has 1 aliphatic heterocycles. The van der Waals surface area contributed by atoms with Gasteiger partial charge >= 0.3 is 0 Å². The topological polar surface area (TPSA) is 81.4 Å². The maximum atomic E-state index is 12.7. The van der Waals surface area contributed by atoms with Gasteiger partial charge in [0.2, 0.25) is 5.82 Å². The molecule has 0 bridgehead atoms. The molecule has 0 saturated heterocycles. The quantitative estimate of drug-likeness (QED) is 0.776. The Kier molecular flexibility index (Phi) is 3.63. The van der Waals surface area contributed by atoms with Gasteiger partial charge < -0.3 is 10.1 Å². The second-order valence-corrected chi connectivity index (χ2v) is 6.40. The SMILES string of the molecule is Cc1cc(C)c2c(c1)[C@H](NC(=O)c1nc3nccc(C)n3n1)CCO2. The first-order valence-electron chi connectivity index (χ1n) is 8.26. The van der Waals surface area contributed by atoms with Crippen LogP contribution in [0.3, 0.4) is 0 Å². The fraction of sp³-hybridized carbons (Fsp3) is 0.333. The molecule has 25 heavy (non-hydrogen) atoms. The lowest BCUT2D eigenvalue weighted by Crippen LogP contribution is -2.33. The summed E-state index contributed by atoms with van der Waals surface area (Å²) >= 11 is 0. The molecule has 1 aromatic carbocycles. The number of hydrogen-bond acceptors (Lipinski definition) is 5. The lowest BCUT2D eigenvalue weighted by atomic mass is 9.95. The lowest BCUT2D eigenvalue weighted by molar-refractivity contribution is 0.0914. The Morgan fingerprint density at radius 3 is 2.96 bits per heavy atom. The van der Waals surface area contributed by atoms with Crippen molar-refractivity contribution in [2.24, 2.45) is 0 Å². The Morgan fingerprint density at radius 1 is 1.32 bits per heavy atom. The number of carbonyl (C=O) groups excluding carboxylic acids is 1. The molecule has 0 unspecified atom stereocenters. The molecule has 2 aromatic heterocycles. The third-order valence-corrected chi connectivity index (χ3v) is 4.41. The summed E-state index contributed by atoms with van der Waals surface area (Å²) in [5, 5.41) is 7.31. The van der Waals surface area contributed by atoms with E-state index in [4.69, 9.17) is 4.74 Å². The van der Waals surface area contributed by atoms with Crippen molar-refractivity contribution in [1.82, 2.24) is 24.9 Å². The predicted molar refractivity (Wildman–Crippen MR) is 91.8 cm³/mol. The maximum absolute atomic E-state index is 12.7.